The number of hydrogen-bond donors (Lipinski definition) is 1. The Balaban J connectivity index is 1.46. The highest BCUT2D eigenvalue weighted by atomic mass is 32.2. The van der Waals surface area contributed by atoms with Gasteiger partial charge >= 0.3 is 0 Å². The van der Waals surface area contributed by atoms with Crippen molar-refractivity contribution in [2.45, 2.75) is 18.0 Å². The maximum absolute atomic E-state index is 13.3. The van der Waals surface area contributed by atoms with Gasteiger partial charge in [-0.3, -0.25) is 0 Å². The Labute approximate surface area is 184 Å². The van der Waals surface area contributed by atoms with Gasteiger partial charge in [0.2, 0.25) is 5.03 Å². The smallest absolute Gasteiger partial charge is 0.264 e. The van der Waals surface area contributed by atoms with Crippen LogP contribution in [0.5, 0.6) is 0 Å². The molecule has 0 bridgehead atoms. The molecule has 0 spiro atoms. The van der Waals surface area contributed by atoms with Gasteiger partial charge in [-0.05, 0) is 54.4 Å². The first kappa shape index (κ1) is 20.7. The lowest BCUT2D eigenvalue weighted by Gasteiger charge is -2.33. The first-order valence-corrected chi connectivity index (χ1v) is 11.6. The number of sulfonamides is 1. The second kappa shape index (κ2) is 7.76. The maximum Gasteiger partial charge on any atom is 0.264 e. The van der Waals surface area contributed by atoms with Gasteiger partial charge in [-0.15, -0.1) is 5.10 Å². The summed E-state index contributed by atoms with van der Waals surface area (Å²) in [5.41, 5.74) is 3.69. The van der Waals surface area contributed by atoms with Crippen LogP contribution >= 0.6 is 0 Å². The number of nitrogens with zero attached hydrogens (tertiary/aromatic N) is 6. The Bertz CT molecular complexity index is 1400. The second-order valence-corrected chi connectivity index (χ2v) is 9.73. The van der Waals surface area contributed by atoms with Crippen LogP contribution in [-0.4, -0.2) is 57.1 Å². The normalized spacial score (nSPS) is 17.8. The lowest BCUT2D eigenvalue weighted by atomic mass is 9.98. The Morgan fingerprint density at radius 1 is 1.12 bits per heavy atom. The molecule has 1 aliphatic heterocycles. The zero-order valence-corrected chi connectivity index (χ0v) is 18.4. The molecule has 0 radical (unpaired) electrons. The highest BCUT2D eigenvalue weighted by Crippen LogP contribution is 2.29. The van der Waals surface area contributed by atoms with E-state index >= 15 is 0 Å². The number of aryl methyl sites for hydroxylation is 2. The van der Waals surface area contributed by atoms with Gasteiger partial charge in [-0.25, -0.2) is 17.5 Å². The molecule has 32 heavy (non-hydrogen) atoms. The van der Waals surface area contributed by atoms with Crippen molar-refractivity contribution in [2.75, 3.05) is 19.6 Å². The van der Waals surface area contributed by atoms with Crippen molar-refractivity contribution in [2.24, 2.45) is 7.05 Å². The third kappa shape index (κ3) is 3.57. The molecule has 2 aromatic carbocycles. The van der Waals surface area contributed by atoms with Crippen molar-refractivity contribution in [3.05, 3.63) is 65.7 Å². The van der Waals surface area contributed by atoms with E-state index in [1.54, 1.807) is 30.1 Å². The molecule has 3 heterocycles. The Morgan fingerprint density at radius 2 is 1.91 bits per heavy atom. The van der Waals surface area contributed by atoms with E-state index in [-0.39, 0.29) is 23.4 Å². The molecule has 1 aliphatic rings. The number of rotatable bonds is 4. The molecule has 9 nitrogen and oxygen atoms in total. The van der Waals surface area contributed by atoms with Crippen LogP contribution < -0.4 is 5.32 Å². The maximum atomic E-state index is 13.3. The van der Waals surface area contributed by atoms with Gasteiger partial charge < -0.3 is 5.32 Å². The minimum Gasteiger partial charge on any atom is -0.307 e. The summed E-state index contributed by atoms with van der Waals surface area (Å²) in [5, 5.41) is 16.6. The number of aromatic nitrogens is 5. The summed E-state index contributed by atoms with van der Waals surface area (Å²) in [7, 11) is -2.13. The van der Waals surface area contributed by atoms with Crippen LogP contribution in [0, 0.1) is 12.7 Å². The highest BCUT2D eigenvalue weighted by Gasteiger charge is 2.33. The summed E-state index contributed by atoms with van der Waals surface area (Å²) >= 11 is 0. The fraction of sp³-hybridized carbons (Fsp3) is 0.286. The SMILES string of the molecule is Cc1cc2c(cnn2-c2ccc(F)cc2)cc1[C@H]1CN(S(=O)(=O)c2cnn(C)n2)CCN1. The molecule has 0 aliphatic carbocycles. The van der Waals surface area contributed by atoms with Crippen molar-refractivity contribution in [1.82, 2.24) is 34.4 Å². The van der Waals surface area contributed by atoms with Gasteiger partial charge in [-0.1, -0.05) is 0 Å². The minimum absolute atomic E-state index is 0.0478. The molecule has 0 amide bonds. The molecule has 0 saturated carbocycles. The van der Waals surface area contributed by atoms with E-state index in [0.29, 0.717) is 13.1 Å². The van der Waals surface area contributed by atoms with Crippen LogP contribution in [0.15, 0.2) is 53.8 Å². The van der Waals surface area contributed by atoms with Crippen molar-refractivity contribution < 1.29 is 12.8 Å². The monoisotopic (exact) mass is 455 g/mol. The number of hydrogen-bond acceptors (Lipinski definition) is 6. The van der Waals surface area contributed by atoms with Crippen molar-refractivity contribution >= 4 is 20.9 Å². The lowest BCUT2D eigenvalue weighted by molar-refractivity contribution is 0.300. The van der Waals surface area contributed by atoms with Crippen LogP contribution in [0.25, 0.3) is 16.6 Å². The summed E-state index contributed by atoms with van der Waals surface area (Å²) in [6, 6.07) is 10.1. The van der Waals surface area contributed by atoms with Crippen LogP contribution in [0.4, 0.5) is 4.39 Å². The van der Waals surface area contributed by atoms with Gasteiger partial charge in [0.1, 0.15) is 5.82 Å². The number of benzene rings is 2. The molecule has 2 aromatic heterocycles. The molecule has 11 heteroatoms. The van der Waals surface area contributed by atoms with Crippen LogP contribution in [0.2, 0.25) is 0 Å². The quantitative estimate of drug-likeness (QED) is 0.505. The average molecular weight is 456 g/mol. The summed E-state index contributed by atoms with van der Waals surface area (Å²) in [6.45, 7) is 3.17. The largest absolute Gasteiger partial charge is 0.307 e. The van der Waals surface area contributed by atoms with E-state index < -0.39 is 10.0 Å². The minimum atomic E-state index is -3.72. The third-order valence-electron chi connectivity index (χ3n) is 5.72. The van der Waals surface area contributed by atoms with Crippen LogP contribution in [0.1, 0.15) is 17.2 Å². The number of fused-ring (bicyclic) bond motifs is 1. The zero-order chi connectivity index (χ0) is 22.5. The van der Waals surface area contributed by atoms with E-state index in [2.05, 4.69) is 20.6 Å². The van der Waals surface area contributed by atoms with Crippen molar-refractivity contribution in [3.63, 3.8) is 0 Å². The molecule has 166 valence electrons. The van der Waals surface area contributed by atoms with Gasteiger partial charge in [-0.2, -0.15) is 19.3 Å². The molecule has 4 aromatic rings. The van der Waals surface area contributed by atoms with Gasteiger partial charge in [0.05, 0.1) is 23.6 Å². The predicted octanol–water partition coefficient (Wildman–Crippen LogP) is 1.94. The summed E-state index contributed by atoms with van der Waals surface area (Å²) < 4.78 is 42.5. The Hall–Kier alpha value is -3.15. The molecule has 0 unspecified atom stereocenters. The lowest BCUT2D eigenvalue weighted by Crippen LogP contribution is -2.48. The van der Waals surface area contributed by atoms with Gasteiger partial charge in [0.25, 0.3) is 10.0 Å². The van der Waals surface area contributed by atoms with Crippen LogP contribution in [-0.2, 0) is 17.1 Å². The fourth-order valence-corrected chi connectivity index (χ4v) is 5.43. The highest BCUT2D eigenvalue weighted by molar-refractivity contribution is 7.89. The Kier molecular flexibility index (Phi) is 5.03. The second-order valence-electron chi connectivity index (χ2n) is 7.84. The average Bonchev–Trinajstić information content (AvgIpc) is 3.40. The van der Waals surface area contributed by atoms with Gasteiger partial charge in [0.15, 0.2) is 0 Å². The third-order valence-corrected chi connectivity index (χ3v) is 7.45. The van der Waals surface area contributed by atoms with E-state index in [0.717, 1.165) is 27.7 Å². The zero-order valence-electron chi connectivity index (χ0n) is 17.6. The standard InChI is InChI=1S/C21H22FN7O2S/c1-14-9-20-15(11-25-29(20)17-5-3-16(22)4-6-17)10-18(14)19-13-28(8-7-23-19)32(30,31)21-12-24-27(2)26-21/h3-6,9-12,19,23H,7-8,13H2,1-2H3/t19-/m1/s1. The Morgan fingerprint density at radius 3 is 2.62 bits per heavy atom. The fourth-order valence-electron chi connectivity index (χ4n) is 4.09. The first-order chi connectivity index (χ1) is 15.3. The molecule has 5 rings (SSSR count). The summed E-state index contributed by atoms with van der Waals surface area (Å²) in [4.78, 5) is 1.24. The van der Waals surface area contributed by atoms with E-state index in [1.807, 2.05) is 19.1 Å². The predicted molar refractivity (Wildman–Crippen MR) is 116 cm³/mol. The molecule has 1 atom stereocenters. The summed E-state index contributed by atoms with van der Waals surface area (Å²) in [5.74, 6) is -0.298. The summed E-state index contributed by atoms with van der Waals surface area (Å²) in [6.07, 6.45) is 3.03. The topological polar surface area (TPSA) is 97.9 Å². The number of nitrogens with one attached hydrogen (secondary N) is 1. The molecule has 1 fully saturated rings. The molecule has 1 saturated heterocycles. The molecular formula is C21H22FN7O2S. The van der Waals surface area contributed by atoms with E-state index in [4.69, 9.17) is 0 Å². The molecule has 1 N–H and O–H groups in total. The molecular weight excluding hydrogens is 433 g/mol. The first-order valence-electron chi connectivity index (χ1n) is 10.2. The van der Waals surface area contributed by atoms with Gasteiger partial charge in [0, 0.05) is 38.1 Å². The van der Waals surface area contributed by atoms with Crippen molar-refractivity contribution in [3.8, 4) is 5.69 Å². The number of piperazine rings is 1. The van der Waals surface area contributed by atoms with Crippen molar-refractivity contribution in [1.29, 1.82) is 0 Å². The van der Waals surface area contributed by atoms with E-state index in [9.17, 15) is 12.8 Å². The number of halogens is 1. The van der Waals surface area contributed by atoms with Crippen LogP contribution in [0.3, 0.4) is 0 Å². The van der Waals surface area contributed by atoms with E-state index in [1.165, 1.54) is 27.4 Å².